The average Bonchev–Trinajstić information content (AvgIpc) is 2.66. The molecule has 0 spiro atoms. The zero-order valence-corrected chi connectivity index (χ0v) is 7.91. The van der Waals surface area contributed by atoms with Gasteiger partial charge in [-0.2, -0.15) is 5.10 Å². The second-order valence-electron chi connectivity index (χ2n) is 3.12. The van der Waals surface area contributed by atoms with E-state index >= 15 is 0 Å². The number of nitrogen functional groups attached to an aromatic ring is 1. The molecule has 2 rings (SSSR count). The minimum atomic E-state index is -0.506. The second-order valence-corrected chi connectivity index (χ2v) is 3.12. The minimum Gasteiger partial charge on any atom is -0.469 e. The molecule has 0 atom stereocenters. The van der Waals surface area contributed by atoms with Crippen LogP contribution in [0.4, 0.5) is 10.2 Å². The summed E-state index contributed by atoms with van der Waals surface area (Å²) in [6.45, 7) is 1.79. The number of anilines is 1. The number of furan rings is 1. The lowest BCUT2D eigenvalue weighted by atomic mass is 10.2. The van der Waals surface area contributed by atoms with Crippen molar-refractivity contribution in [1.29, 1.82) is 0 Å². The number of hydrogen-bond donors (Lipinski definition) is 1. The Kier molecular flexibility index (Phi) is 1.80. The highest BCUT2D eigenvalue weighted by atomic mass is 19.1. The molecule has 74 valence electrons. The normalized spacial score (nSPS) is 10.8. The van der Waals surface area contributed by atoms with Gasteiger partial charge in [0.25, 0.3) is 0 Å². The van der Waals surface area contributed by atoms with Gasteiger partial charge in [0.15, 0.2) is 11.6 Å². The molecule has 0 fully saturated rings. The van der Waals surface area contributed by atoms with Crippen LogP contribution in [0, 0.1) is 12.7 Å². The van der Waals surface area contributed by atoms with E-state index in [0.29, 0.717) is 11.3 Å². The molecule has 0 unspecified atom stereocenters. The number of aryl methyl sites for hydroxylation is 2. The highest BCUT2D eigenvalue weighted by molar-refractivity contribution is 5.62. The molecule has 5 heteroatoms. The Morgan fingerprint density at radius 1 is 1.57 bits per heavy atom. The Hall–Kier alpha value is -1.78. The van der Waals surface area contributed by atoms with Crippen molar-refractivity contribution in [3.05, 3.63) is 23.9 Å². The maximum atomic E-state index is 13.5. The van der Waals surface area contributed by atoms with E-state index in [2.05, 4.69) is 5.10 Å². The average molecular weight is 195 g/mol. The first-order valence-electron chi connectivity index (χ1n) is 4.13. The Morgan fingerprint density at radius 3 is 2.71 bits per heavy atom. The molecule has 0 saturated carbocycles. The Morgan fingerprint density at radius 2 is 2.29 bits per heavy atom. The molecule has 0 saturated heterocycles. The van der Waals surface area contributed by atoms with Crippen LogP contribution in [0.1, 0.15) is 5.76 Å². The van der Waals surface area contributed by atoms with Gasteiger partial charge in [0, 0.05) is 12.6 Å². The fourth-order valence-corrected chi connectivity index (χ4v) is 1.26. The Labute approximate surface area is 80.1 Å². The second kappa shape index (κ2) is 2.87. The summed E-state index contributed by atoms with van der Waals surface area (Å²) in [6, 6.07) is 1.71. The van der Waals surface area contributed by atoms with Crippen molar-refractivity contribution < 1.29 is 8.81 Å². The van der Waals surface area contributed by atoms with E-state index in [1.54, 1.807) is 20.0 Å². The SMILES string of the molecule is Cc1cc(-c2nn(C)c(N)c2F)co1. The summed E-state index contributed by atoms with van der Waals surface area (Å²) in [5, 5.41) is 3.95. The van der Waals surface area contributed by atoms with E-state index in [4.69, 9.17) is 10.2 Å². The van der Waals surface area contributed by atoms with Crippen molar-refractivity contribution in [2.75, 3.05) is 5.73 Å². The maximum Gasteiger partial charge on any atom is 0.192 e. The number of nitrogens with two attached hydrogens (primary N) is 1. The van der Waals surface area contributed by atoms with Gasteiger partial charge in [0.1, 0.15) is 17.7 Å². The van der Waals surface area contributed by atoms with Crippen LogP contribution < -0.4 is 5.73 Å². The van der Waals surface area contributed by atoms with Crippen LogP contribution in [0.5, 0.6) is 0 Å². The third-order valence-corrected chi connectivity index (χ3v) is 2.04. The highest BCUT2D eigenvalue weighted by Gasteiger charge is 2.16. The van der Waals surface area contributed by atoms with Gasteiger partial charge in [-0.15, -0.1) is 0 Å². The first-order valence-corrected chi connectivity index (χ1v) is 4.13. The summed E-state index contributed by atoms with van der Waals surface area (Å²) in [7, 11) is 1.59. The molecule has 2 heterocycles. The summed E-state index contributed by atoms with van der Waals surface area (Å²) in [6.07, 6.45) is 1.46. The minimum absolute atomic E-state index is 0.0267. The lowest BCUT2D eigenvalue weighted by molar-refractivity contribution is 0.534. The lowest BCUT2D eigenvalue weighted by Gasteiger charge is -1.88. The van der Waals surface area contributed by atoms with E-state index < -0.39 is 5.82 Å². The van der Waals surface area contributed by atoms with E-state index in [9.17, 15) is 4.39 Å². The van der Waals surface area contributed by atoms with Crippen molar-refractivity contribution in [1.82, 2.24) is 9.78 Å². The molecular weight excluding hydrogens is 185 g/mol. The van der Waals surface area contributed by atoms with Crippen molar-refractivity contribution >= 4 is 5.82 Å². The molecular formula is C9H10FN3O. The lowest BCUT2D eigenvalue weighted by Crippen LogP contribution is -1.97. The molecule has 0 aliphatic rings. The highest BCUT2D eigenvalue weighted by Crippen LogP contribution is 2.26. The van der Waals surface area contributed by atoms with Crippen molar-refractivity contribution in [3.63, 3.8) is 0 Å². The zero-order valence-electron chi connectivity index (χ0n) is 7.91. The van der Waals surface area contributed by atoms with Crippen molar-refractivity contribution in [2.24, 2.45) is 7.05 Å². The van der Waals surface area contributed by atoms with Gasteiger partial charge in [-0.05, 0) is 13.0 Å². The number of hydrogen-bond acceptors (Lipinski definition) is 3. The third-order valence-electron chi connectivity index (χ3n) is 2.04. The largest absolute Gasteiger partial charge is 0.469 e. The number of halogens is 1. The Balaban J connectivity index is 2.57. The maximum absolute atomic E-state index is 13.5. The van der Waals surface area contributed by atoms with Crippen molar-refractivity contribution in [2.45, 2.75) is 6.92 Å². The predicted molar refractivity (Wildman–Crippen MR) is 50.0 cm³/mol. The predicted octanol–water partition coefficient (Wildman–Crippen LogP) is 1.71. The molecule has 2 aromatic heterocycles. The van der Waals surface area contributed by atoms with Gasteiger partial charge < -0.3 is 10.2 Å². The summed E-state index contributed by atoms with van der Waals surface area (Å²) in [4.78, 5) is 0. The van der Waals surface area contributed by atoms with Crippen molar-refractivity contribution in [3.8, 4) is 11.3 Å². The standard InChI is InChI=1S/C9H10FN3O/c1-5-3-6(4-14-5)8-7(10)9(11)13(2)12-8/h3-4H,11H2,1-2H3. The number of nitrogens with zero attached hydrogens (tertiary/aromatic N) is 2. The van der Waals surface area contributed by atoms with E-state index in [1.165, 1.54) is 10.9 Å². The number of rotatable bonds is 1. The first kappa shape index (κ1) is 8.80. The molecule has 0 aliphatic carbocycles. The van der Waals surface area contributed by atoms with Gasteiger partial charge in [-0.3, -0.25) is 0 Å². The zero-order chi connectivity index (χ0) is 10.3. The molecule has 2 N–H and O–H groups in total. The van der Waals surface area contributed by atoms with Crippen LogP contribution in [0.3, 0.4) is 0 Å². The van der Waals surface area contributed by atoms with Crippen LogP contribution in [0.2, 0.25) is 0 Å². The summed E-state index contributed by atoms with van der Waals surface area (Å²) >= 11 is 0. The molecule has 4 nitrogen and oxygen atoms in total. The first-order chi connectivity index (χ1) is 6.59. The van der Waals surface area contributed by atoms with Gasteiger partial charge in [0.05, 0.1) is 0 Å². The van der Waals surface area contributed by atoms with Crippen LogP contribution in [-0.4, -0.2) is 9.78 Å². The van der Waals surface area contributed by atoms with Crippen LogP contribution in [0.25, 0.3) is 11.3 Å². The molecule has 0 aromatic carbocycles. The van der Waals surface area contributed by atoms with E-state index in [0.717, 1.165) is 0 Å². The fourth-order valence-electron chi connectivity index (χ4n) is 1.26. The third kappa shape index (κ3) is 1.17. The topological polar surface area (TPSA) is 57.0 Å². The monoisotopic (exact) mass is 195 g/mol. The smallest absolute Gasteiger partial charge is 0.192 e. The molecule has 0 bridgehead atoms. The quantitative estimate of drug-likeness (QED) is 0.753. The molecule has 0 radical (unpaired) electrons. The Bertz CT molecular complexity index is 472. The molecule has 2 aromatic rings. The summed E-state index contributed by atoms with van der Waals surface area (Å²) < 4.78 is 19.8. The van der Waals surface area contributed by atoms with Crippen LogP contribution >= 0.6 is 0 Å². The van der Waals surface area contributed by atoms with Crippen LogP contribution in [-0.2, 0) is 7.05 Å². The van der Waals surface area contributed by atoms with Gasteiger partial charge in [0.2, 0.25) is 0 Å². The molecule has 0 aliphatic heterocycles. The summed E-state index contributed by atoms with van der Waals surface area (Å²) in [5.41, 5.74) is 6.27. The fraction of sp³-hybridized carbons (Fsp3) is 0.222. The van der Waals surface area contributed by atoms with Gasteiger partial charge in [-0.25, -0.2) is 9.07 Å². The molecule has 0 amide bonds. The summed E-state index contributed by atoms with van der Waals surface area (Å²) in [5.74, 6) is 0.232. The van der Waals surface area contributed by atoms with Gasteiger partial charge >= 0.3 is 0 Å². The van der Waals surface area contributed by atoms with Crippen LogP contribution in [0.15, 0.2) is 16.7 Å². The van der Waals surface area contributed by atoms with E-state index in [1.807, 2.05) is 0 Å². The van der Waals surface area contributed by atoms with Gasteiger partial charge in [-0.1, -0.05) is 0 Å². The molecule has 14 heavy (non-hydrogen) atoms. The van der Waals surface area contributed by atoms with E-state index in [-0.39, 0.29) is 11.5 Å². The number of aromatic nitrogens is 2.